The summed E-state index contributed by atoms with van der Waals surface area (Å²) in [4.78, 5) is 22.1. The van der Waals surface area contributed by atoms with E-state index in [0.717, 1.165) is 5.56 Å². The Kier molecular flexibility index (Phi) is 8.52. The van der Waals surface area contributed by atoms with Gasteiger partial charge in [0.2, 0.25) is 5.91 Å². The van der Waals surface area contributed by atoms with E-state index in [4.69, 9.17) is 9.84 Å². The van der Waals surface area contributed by atoms with Crippen molar-refractivity contribution < 1.29 is 24.5 Å². The van der Waals surface area contributed by atoms with Crippen LogP contribution in [0.5, 0.6) is 11.5 Å². The lowest BCUT2D eigenvalue weighted by molar-refractivity contribution is -0.137. The Morgan fingerprint density at radius 2 is 1.79 bits per heavy atom. The molecule has 0 atom stereocenters. The van der Waals surface area contributed by atoms with Gasteiger partial charge < -0.3 is 14.9 Å². The summed E-state index contributed by atoms with van der Waals surface area (Å²) in [6, 6.07) is 14.6. The van der Waals surface area contributed by atoms with Crippen LogP contribution < -0.4 is 10.2 Å². The molecule has 0 radical (unpaired) electrons. The number of hydrazone groups is 1. The number of hydrogen-bond acceptors (Lipinski definition) is 5. The Morgan fingerprint density at radius 3 is 2.50 bits per heavy atom. The number of carbonyl (C=O) groups is 2. The lowest BCUT2D eigenvalue weighted by Gasteiger charge is -2.07. The van der Waals surface area contributed by atoms with Crippen molar-refractivity contribution in [1.82, 2.24) is 5.43 Å². The molecule has 0 saturated carbocycles. The van der Waals surface area contributed by atoms with Crippen LogP contribution in [0.1, 0.15) is 43.2 Å². The van der Waals surface area contributed by atoms with Crippen molar-refractivity contribution in [2.24, 2.45) is 5.10 Å². The number of nitrogens with zero attached hydrogens (tertiary/aromatic N) is 1. The normalized spacial score (nSPS) is 10.7. The smallest absolute Gasteiger partial charge is 0.303 e. The van der Waals surface area contributed by atoms with E-state index in [2.05, 4.69) is 10.5 Å². The molecule has 148 valence electrons. The molecule has 7 nitrogen and oxygen atoms in total. The third-order valence-corrected chi connectivity index (χ3v) is 3.94. The number of unbranched alkanes of at least 4 members (excludes halogenated alkanes) is 2. The zero-order valence-electron chi connectivity index (χ0n) is 15.5. The predicted molar refractivity (Wildman–Crippen MR) is 105 cm³/mol. The molecule has 0 unspecified atom stereocenters. The van der Waals surface area contributed by atoms with Crippen LogP contribution in [0, 0.1) is 0 Å². The van der Waals surface area contributed by atoms with Gasteiger partial charge in [-0.25, -0.2) is 5.43 Å². The van der Waals surface area contributed by atoms with Crippen LogP contribution in [0.2, 0.25) is 0 Å². The molecule has 1 amide bonds. The molecular formula is C21H24N2O5. The van der Waals surface area contributed by atoms with Gasteiger partial charge >= 0.3 is 5.97 Å². The molecule has 0 bridgehead atoms. The highest BCUT2D eigenvalue weighted by Gasteiger charge is 2.04. The molecule has 0 aliphatic rings. The van der Waals surface area contributed by atoms with Crippen molar-refractivity contribution in [3.63, 3.8) is 0 Å². The lowest BCUT2D eigenvalue weighted by atomic mass is 10.1. The second-order valence-electron chi connectivity index (χ2n) is 6.24. The SMILES string of the molecule is O=C(O)CCCCCC(=O)N/N=C/c1ccc(OCc2ccccc2)cc1O. The number of carboxylic acid groups (broad SMARTS) is 1. The zero-order chi connectivity index (χ0) is 20.2. The van der Waals surface area contributed by atoms with Crippen molar-refractivity contribution in [3.05, 3.63) is 59.7 Å². The van der Waals surface area contributed by atoms with Gasteiger partial charge in [-0.2, -0.15) is 5.10 Å². The van der Waals surface area contributed by atoms with Gasteiger partial charge in [-0.05, 0) is 30.5 Å². The van der Waals surface area contributed by atoms with Gasteiger partial charge in [-0.3, -0.25) is 9.59 Å². The number of benzene rings is 2. The fourth-order valence-electron chi connectivity index (χ4n) is 2.43. The number of nitrogens with one attached hydrogen (secondary N) is 1. The molecule has 0 fully saturated rings. The summed E-state index contributed by atoms with van der Waals surface area (Å²) >= 11 is 0. The third-order valence-electron chi connectivity index (χ3n) is 3.94. The van der Waals surface area contributed by atoms with Gasteiger partial charge in [0.1, 0.15) is 18.1 Å². The molecule has 0 heterocycles. The Morgan fingerprint density at radius 1 is 1.04 bits per heavy atom. The number of aliphatic carboxylic acids is 1. The number of aromatic hydroxyl groups is 1. The highest BCUT2D eigenvalue weighted by Crippen LogP contribution is 2.23. The Hall–Kier alpha value is -3.35. The van der Waals surface area contributed by atoms with E-state index in [9.17, 15) is 14.7 Å². The number of carbonyl (C=O) groups excluding carboxylic acids is 1. The average molecular weight is 384 g/mol. The number of phenolic OH excluding ortho intramolecular Hbond substituents is 1. The van der Waals surface area contributed by atoms with Gasteiger partial charge in [-0.1, -0.05) is 36.8 Å². The molecule has 0 aromatic heterocycles. The van der Waals surface area contributed by atoms with E-state index in [0.29, 0.717) is 37.2 Å². The lowest BCUT2D eigenvalue weighted by Crippen LogP contribution is -2.16. The van der Waals surface area contributed by atoms with Crippen LogP contribution in [0.15, 0.2) is 53.6 Å². The molecule has 2 rings (SSSR count). The maximum Gasteiger partial charge on any atom is 0.303 e. The van der Waals surface area contributed by atoms with Gasteiger partial charge in [-0.15, -0.1) is 0 Å². The van der Waals surface area contributed by atoms with E-state index in [1.165, 1.54) is 12.3 Å². The minimum Gasteiger partial charge on any atom is -0.507 e. The average Bonchev–Trinajstić information content (AvgIpc) is 2.68. The van der Waals surface area contributed by atoms with E-state index in [-0.39, 0.29) is 24.5 Å². The van der Waals surface area contributed by atoms with Crippen molar-refractivity contribution in [3.8, 4) is 11.5 Å². The second kappa shape index (κ2) is 11.4. The van der Waals surface area contributed by atoms with Gasteiger partial charge in [0.05, 0.1) is 6.21 Å². The summed E-state index contributed by atoms with van der Waals surface area (Å²) in [6.07, 6.45) is 3.58. The Labute approximate surface area is 163 Å². The monoisotopic (exact) mass is 384 g/mol. The highest BCUT2D eigenvalue weighted by molar-refractivity contribution is 5.85. The van der Waals surface area contributed by atoms with Crippen molar-refractivity contribution >= 4 is 18.1 Å². The molecular weight excluding hydrogens is 360 g/mol. The maximum atomic E-state index is 11.7. The number of rotatable bonds is 11. The van der Waals surface area contributed by atoms with Gasteiger partial charge in [0.15, 0.2) is 0 Å². The third kappa shape index (κ3) is 7.90. The minimum absolute atomic E-state index is 0.00256. The molecule has 2 aromatic carbocycles. The van der Waals surface area contributed by atoms with Crippen LogP contribution >= 0.6 is 0 Å². The molecule has 28 heavy (non-hydrogen) atoms. The van der Waals surface area contributed by atoms with E-state index in [1.807, 2.05) is 30.3 Å². The number of carboxylic acids is 1. The number of phenols is 1. The summed E-state index contributed by atoms with van der Waals surface area (Å²) in [7, 11) is 0. The number of ether oxygens (including phenoxy) is 1. The first-order chi connectivity index (χ1) is 13.5. The number of amides is 1. The molecule has 0 saturated heterocycles. The molecule has 7 heteroatoms. The highest BCUT2D eigenvalue weighted by atomic mass is 16.5. The van der Waals surface area contributed by atoms with Crippen LogP contribution in [0.25, 0.3) is 0 Å². The minimum atomic E-state index is -0.828. The van der Waals surface area contributed by atoms with E-state index < -0.39 is 5.97 Å². The topological polar surface area (TPSA) is 108 Å². The van der Waals surface area contributed by atoms with E-state index >= 15 is 0 Å². The molecule has 3 N–H and O–H groups in total. The van der Waals surface area contributed by atoms with Gasteiger partial charge in [0.25, 0.3) is 0 Å². The van der Waals surface area contributed by atoms with Gasteiger partial charge in [0, 0.05) is 24.5 Å². The Balaban J connectivity index is 1.74. The summed E-state index contributed by atoms with van der Waals surface area (Å²) in [6.45, 7) is 0.399. The van der Waals surface area contributed by atoms with Crippen LogP contribution in [0.3, 0.4) is 0 Å². The first-order valence-corrected chi connectivity index (χ1v) is 9.08. The quantitative estimate of drug-likeness (QED) is 0.312. The summed E-state index contributed by atoms with van der Waals surface area (Å²) in [5.74, 6) is -0.555. The van der Waals surface area contributed by atoms with Crippen molar-refractivity contribution in [2.75, 3.05) is 0 Å². The standard InChI is InChI=1S/C21H24N2O5/c24-19-13-18(28-15-16-7-3-1-4-8-16)12-11-17(19)14-22-23-20(25)9-5-2-6-10-21(26)27/h1,3-4,7-8,11-14,24H,2,5-6,9-10,15H2,(H,23,25)(H,26,27)/b22-14+. The molecule has 0 aliphatic heterocycles. The first-order valence-electron chi connectivity index (χ1n) is 9.08. The van der Waals surface area contributed by atoms with Crippen molar-refractivity contribution in [1.29, 1.82) is 0 Å². The van der Waals surface area contributed by atoms with Crippen LogP contribution in [-0.2, 0) is 16.2 Å². The second-order valence-corrected chi connectivity index (χ2v) is 6.24. The molecule has 0 aliphatic carbocycles. The zero-order valence-corrected chi connectivity index (χ0v) is 15.5. The maximum absolute atomic E-state index is 11.7. The Bertz CT molecular complexity index is 806. The molecule has 2 aromatic rings. The summed E-state index contributed by atoms with van der Waals surface area (Å²) in [5, 5.41) is 22.4. The summed E-state index contributed by atoms with van der Waals surface area (Å²) < 4.78 is 5.64. The van der Waals surface area contributed by atoms with E-state index in [1.54, 1.807) is 12.1 Å². The number of hydrogen-bond donors (Lipinski definition) is 3. The largest absolute Gasteiger partial charge is 0.507 e. The summed E-state index contributed by atoms with van der Waals surface area (Å²) in [5.41, 5.74) is 3.87. The molecule has 0 spiro atoms. The first kappa shape index (κ1) is 21.0. The van der Waals surface area contributed by atoms with Crippen molar-refractivity contribution in [2.45, 2.75) is 38.7 Å². The van der Waals surface area contributed by atoms with Crippen LogP contribution in [-0.4, -0.2) is 28.3 Å². The predicted octanol–water partition coefficient (Wildman–Crippen LogP) is 3.46. The van der Waals surface area contributed by atoms with Crippen LogP contribution in [0.4, 0.5) is 0 Å². The fourth-order valence-corrected chi connectivity index (χ4v) is 2.43. The fraction of sp³-hybridized carbons (Fsp3) is 0.286.